The van der Waals surface area contributed by atoms with Gasteiger partial charge in [0.05, 0.1) is 17.8 Å². The molecule has 134 valence electrons. The van der Waals surface area contributed by atoms with Crippen LogP contribution < -0.4 is 10.1 Å². The van der Waals surface area contributed by atoms with E-state index in [0.717, 1.165) is 29.8 Å². The van der Waals surface area contributed by atoms with Crippen molar-refractivity contribution in [3.63, 3.8) is 0 Å². The van der Waals surface area contributed by atoms with Crippen LogP contribution >= 0.6 is 0 Å². The van der Waals surface area contributed by atoms with E-state index in [9.17, 15) is 10.1 Å². The Morgan fingerprint density at radius 1 is 1.31 bits per heavy atom. The van der Waals surface area contributed by atoms with E-state index in [2.05, 4.69) is 16.4 Å². The molecule has 5 nitrogen and oxygen atoms in total. The van der Waals surface area contributed by atoms with Crippen LogP contribution in [0.25, 0.3) is 0 Å². The van der Waals surface area contributed by atoms with Crippen LogP contribution in [0.15, 0.2) is 48.7 Å². The van der Waals surface area contributed by atoms with Crippen LogP contribution in [0.4, 0.5) is 0 Å². The second-order valence-corrected chi connectivity index (χ2v) is 6.78. The standard InChI is InChI=1S/C21H23N3O2/c1-16(24-20(25)21(15-22)10-3-4-11-21)17-7-6-9-19(13-17)26-14-18-8-2-5-12-23-18/h2,5-9,12-13,16H,3-4,10-11,14H2,1H3,(H,24,25)/t16-/m0/s1. The number of nitrogens with one attached hydrogen (secondary N) is 1. The highest BCUT2D eigenvalue weighted by molar-refractivity contribution is 5.86. The number of pyridine rings is 1. The van der Waals surface area contributed by atoms with E-state index in [1.165, 1.54) is 0 Å². The van der Waals surface area contributed by atoms with Crippen molar-refractivity contribution in [2.75, 3.05) is 0 Å². The molecule has 0 bridgehead atoms. The molecule has 1 aliphatic rings. The maximum Gasteiger partial charge on any atom is 0.240 e. The van der Waals surface area contributed by atoms with Gasteiger partial charge in [0.25, 0.3) is 0 Å². The van der Waals surface area contributed by atoms with Crippen LogP contribution in [0, 0.1) is 16.7 Å². The number of benzene rings is 1. The van der Waals surface area contributed by atoms with Crippen molar-refractivity contribution in [3.05, 3.63) is 59.9 Å². The van der Waals surface area contributed by atoms with Crippen LogP contribution in [-0.2, 0) is 11.4 Å². The predicted molar refractivity (Wildman–Crippen MR) is 98.1 cm³/mol. The van der Waals surface area contributed by atoms with Gasteiger partial charge in [-0.1, -0.05) is 31.0 Å². The Bertz CT molecular complexity index is 792. The number of ether oxygens (including phenoxy) is 1. The molecule has 0 spiro atoms. The molecule has 1 atom stereocenters. The second kappa shape index (κ2) is 8.01. The van der Waals surface area contributed by atoms with Gasteiger partial charge < -0.3 is 10.1 Å². The first kappa shape index (κ1) is 17.9. The van der Waals surface area contributed by atoms with E-state index in [0.29, 0.717) is 19.4 Å². The van der Waals surface area contributed by atoms with Crippen LogP contribution in [0.1, 0.15) is 49.9 Å². The average Bonchev–Trinajstić information content (AvgIpc) is 3.18. The SMILES string of the molecule is C[C@H](NC(=O)C1(C#N)CCCC1)c1cccc(OCc2ccccn2)c1. The lowest BCUT2D eigenvalue weighted by Gasteiger charge is -2.23. The first-order chi connectivity index (χ1) is 12.6. The summed E-state index contributed by atoms with van der Waals surface area (Å²) >= 11 is 0. The molecule has 2 aromatic rings. The third-order valence-electron chi connectivity index (χ3n) is 4.92. The summed E-state index contributed by atoms with van der Waals surface area (Å²) in [7, 11) is 0. The number of hydrogen-bond acceptors (Lipinski definition) is 4. The molecular weight excluding hydrogens is 326 g/mol. The summed E-state index contributed by atoms with van der Waals surface area (Å²) in [6.45, 7) is 2.32. The van der Waals surface area contributed by atoms with E-state index in [-0.39, 0.29) is 11.9 Å². The van der Waals surface area contributed by atoms with Crippen molar-refractivity contribution in [1.29, 1.82) is 5.26 Å². The first-order valence-corrected chi connectivity index (χ1v) is 8.98. The van der Waals surface area contributed by atoms with Crippen molar-refractivity contribution >= 4 is 5.91 Å². The summed E-state index contributed by atoms with van der Waals surface area (Å²) in [6.07, 6.45) is 4.91. The minimum atomic E-state index is -0.860. The molecule has 1 saturated carbocycles. The number of nitriles is 1. The molecule has 1 N–H and O–H groups in total. The van der Waals surface area contributed by atoms with Gasteiger partial charge in [-0.15, -0.1) is 0 Å². The molecule has 1 aromatic heterocycles. The summed E-state index contributed by atoms with van der Waals surface area (Å²) in [5.74, 6) is 0.565. The van der Waals surface area contributed by atoms with Crippen molar-refractivity contribution < 1.29 is 9.53 Å². The van der Waals surface area contributed by atoms with Crippen molar-refractivity contribution in [2.24, 2.45) is 5.41 Å². The summed E-state index contributed by atoms with van der Waals surface area (Å²) in [4.78, 5) is 16.8. The lowest BCUT2D eigenvalue weighted by Crippen LogP contribution is -2.39. The van der Waals surface area contributed by atoms with E-state index in [1.807, 2.05) is 49.4 Å². The van der Waals surface area contributed by atoms with Gasteiger partial charge in [0.15, 0.2) is 0 Å². The van der Waals surface area contributed by atoms with E-state index < -0.39 is 5.41 Å². The highest BCUT2D eigenvalue weighted by atomic mass is 16.5. The Morgan fingerprint density at radius 3 is 2.81 bits per heavy atom. The molecule has 0 saturated heterocycles. The number of carbonyl (C=O) groups excluding carboxylic acids is 1. The van der Waals surface area contributed by atoms with Crippen LogP contribution in [-0.4, -0.2) is 10.9 Å². The van der Waals surface area contributed by atoms with E-state index in [1.54, 1.807) is 6.20 Å². The van der Waals surface area contributed by atoms with Gasteiger partial charge in [0.1, 0.15) is 17.8 Å². The third kappa shape index (κ3) is 4.02. The van der Waals surface area contributed by atoms with Gasteiger partial charge in [0.2, 0.25) is 5.91 Å². The summed E-state index contributed by atoms with van der Waals surface area (Å²) < 4.78 is 5.80. The Morgan fingerprint density at radius 2 is 2.12 bits per heavy atom. The molecule has 3 rings (SSSR count). The maximum atomic E-state index is 12.6. The molecule has 1 aromatic carbocycles. The molecule has 0 radical (unpaired) electrons. The zero-order valence-corrected chi connectivity index (χ0v) is 14.9. The Labute approximate surface area is 154 Å². The fourth-order valence-corrected chi connectivity index (χ4v) is 3.30. The van der Waals surface area contributed by atoms with E-state index >= 15 is 0 Å². The normalized spacial score (nSPS) is 16.5. The molecule has 1 aliphatic carbocycles. The summed E-state index contributed by atoms with van der Waals surface area (Å²) in [5, 5.41) is 12.5. The highest BCUT2D eigenvalue weighted by Gasteiger charge is 2.41. The van der Waals surface area contributed by atoms with Crippen LogP contribution in [0.5, 0.6) is 5.75 Å². The highest BCUT2D eigenvalue weighted by Crippen LogP contribution is 2.38. The van der Waals surface area contributed by atoms with Crippen LogP contribution in [0.2, 0.25) is 0 Å². The monoisotopic (exact) mass is 349 g/mol. The zero-order valence-electron chi connectivity index (χ0n) is 14.9. The number of amides is 1. The predicted octanol–water partition coefficient (Wildman–Crippen LogP) is 3.92. The van der Waals surface area contributed by atoms with Crippen molar-refractivity contribution in [1.82, 2.24) is 10.3 Å². The minimum absolute atomic E-state index is 0.162. The molecular formula is C21H23N3O2. The molecule has 0 unspecified atom stereocenters. The van der Waals surface area contributed by atoms with Crippen molar-refractivity contribution in [3.8, 4) is 11.8 Å². The lowest BCUT2D eigenvalue weighted by molar-refractivity contribution is -0.128. The zero-order chi connectivity index (χ0) is 18.4. The summed E-state index contributed by atoms with van der Waals surface area (Å²) in [5.41, 5.74) is 0.945. The Hall–Kier alpha value is -2.87. The van der Waals surface area contributed by atoms with E-state index in [4.69, 9.17) is 4.74 Å². The van der Waals surface area contributed by atoms with Gasteiger partial charge in [-0.05, 0) is 49.6 Å². The molecule has 1 fully saturated rings. The van der Waals surface area contributed by atoms with Crippen molar-refractivity contribution in [2.45, 2.75) is 45.3 Å². The number of nitrogens with zero attached hydrogens (tertiary/aromatic N) is 2. The Balaban J connectivity index is 1.63. The molecule has 0 aliphatic heterocycles. The summed E-state index contributed by atoms with van der Waals surface area (Å²) in [6, 6.07) is 15.4. The lowest BCUT2D eigenvalue weighted by atomic mass is 9.86. The fourth-order valence-electron chi connectivity index (χ4n) is 3.30. The third-order valence-corrected chi connectivity index (χ3v) is 4.92. The average molecular weight is 349 g/mol. The number of aromatic nitrogens is 1. The topological polar surface area (TPSA) is 75.0 Å². The molecule has 5 heteroatoms. The number of carbonyl (C=O) groups is 1. The molecule has 1 heterocycles. The van der Waals surface area contributed by atoms with Gasteiger partial charge >= 0.3 is 0 Å². The molecule has 1 amide bonds. The van der Waals surface area contributed by atoms with Gasteiger partial charge in [0, 0.05) is 6.20 Å². The van der Waals surface area contributed by atoms with Crippen LogP contribution in [0.3, 0.4) is 0 Å². The molecule has 26 heavy (non-hydrogen) atoms. The van der Waals surface area contributed by atoms with Gasteiger partial charge in [-0.25, -0.2) is 0 Å². The van der Waals surface area contributed by atoms with Gasteiger partial charge in [-0.3, -0.25) is 9.78 Å². The second-order valence-electron chi connectivity index (χ2n) is 6.78. The largest absolute Gasteiger partial charge is 0.487 e. The minimum Gasteiger partial charge on any atom is -0.487 e. The maximum absolute atomic E-state index is 12.6. The Kier molecular flexibility index (Phi) is 5.52. The quantitative estimate of drug-likeness (QED) is 0.857. The fraction of sp³-hybridized carbons (Fsp3) is 0.381. The number of rotatable bonds is 6. The number of hydrogen-bond donors (Lipinski definition) is 1. The first-order valence-electron chi connectivity index (χ1n) is 8.98. The van der Waals surface area contributed by atoms with Gasteiger partial charge in [-0.2, -0.15) is 5.26 Å². The smallest absolute Gasteiger partial charge is 0.240 e.